The molecule has 9 heteroatoms. The van der Waals surface area contributed by atoms with Crippen molar-refractivity contribution in [1.29, 1.82) is 0 Å². The molecule has 25 heavy (non-hydrogen) atoms. The summed E-state index contributed by atoms with van der Waals surface area (Å²) in [4.78, 5) is 12.6. The van der Waals surface area contributed by atoms with Crippen LogP contribution in [0.15, 0.2) is 64.1 Å². The number of benzene rings is 1. The van der Waals surface area contributed by atoms with E-state index in [2.05, 4.69) is 10.0 Å². The molecule has 130 valence electrons. The average Bonchev–Trinajstić information content (AvgIpc) is 3.25. The molecule has 1 aromatic carbocycles. The molecular weight excluding hydrogens is 384 g/mol. The molecule has 6 nitrogen and oxygen atoms in total. The number of nitrogens with one attached hydrogen (secondary N) is 2. The van der Waals surface area contributed by atoms with E-state index < -0.39 is 10.0 Å². The zero-order valence-electron chi connectivity index (χ0n) is 12.7. The highest BCUT2D eigenvalue weighted by Gasteiger charge is 2.16. The molecule has 1 amide bonds. The van der Waals surface area contributed by atoms with Crippen LogP contribution >= 0.6 is 22.9 Å². The van der Waals surface area contributed by atoms with Crippen molar-refractivity contribution in [2.75, 3.05) is 5.32 Å². The number of rotatable bonds is 6. The van der Waals surface area contributed by atoms with Crippen molar-refractivity contribution >= 4 is 44.6 Å². The summed E-state index contributed by atoms with van der Waals surface area (Å²) in [7, 11) is -3.73. The molecule has 0 aliphatic heterocycles. The summed E-state index contributed by atoms with van der Waals surface area (Å²) in [5.41, 5.74) is 0.371. The van der Waals surface area contributed by atoms with E-state index in [1.54, 1.807) is 36.4 Å². The highest BCUT2D eigenvalue weighted by Crippen LogP contribution is 2.23. The molecule has 0 unspecified atom stereocenters. The van der Waals surface area contributed by atoms with E-state index in [4.69, 9.17) is 16.0 Å². The minimum Gasteiger partial charge on any atom is -0.468 e. The fraction of sp³-hybridized carbons (Fsp3) is 0.0625. The maximum atomic E-state index is 12.4. The fourth-order valence-corrected chi connectivity index (χ4v) is 4.01. The Kier molecular flexibility index (Phi) is 5.24. The Labute approximate surface area is 153 Å². The lowest BCUT2D eigenvalue weighted by Crippen LogP contribution is -2.23. The van der Waals surface area contributed by atoms with E-state index >= 15 is 0 Å². The molecular formula is C16H13ClN2O4S2. The third-order valence-electron chi connectivity index (χ3n) is 3.22. The van der Waals surface area contributed by atoms with Crippen LogP contribution in [-0.4, -0.2) is 14.3 Å². The molecule has 2 N–H and O–H groups in total. The SMILES string of the molecule is O=C(Nc1cccc(S(=O)(=O)NCc2ccco2)c1)c1ccc(Cl)s1. The Morgan fingerprint density at radius 3 is 2.68 bits per heavy atom. The van der Waals surface area contributed by atoms with Gasteiger partial charge in [0.2, 0.25) is 10.0 Å². The van der Waals surface area contributed by atoms with Gasteiger partial charge in [0.15, 0.2) is 0 Å². The van der Waals surface area contributed by atoms with E-state index in [0.717, 1.165) is 11.3 Å². The largest absolute Gasteiger partial charge is 0.468 e. The van der Waals surface area contributed by atoms with Crippen molar-refractivity contribution in [3.8, 4) is 0 Å². The zero-order chi connectivity index (χ0) is 17.9. The molecule has 3 aromatic rings. The van der Waals surface area contributed by atoms with Crippen LogP contribution in [0.1, 0.15) is 15.4 Å². The number of amides is 1. The van der Waals surface area contributed by atoms with Crippen LogP contribution in [-0.2, 0) is 16.6 Å². The highest BCUT2D eigenvalue weighted by atomic mass is 35.5. The van der Waals surface area contributed by atoms with E-state index in [1.807, 2.05) is 0 Å². The molecule has 0 bridgehead atoms. The molecule has 0 atom stereocenters. The summed E-state index contributed by atoms with van der Waals surface area (Å²) in [6, 6.07) is 12.6. The molecule has 0 radical (unpaired) electrons. The number of carbonyl (C=O) groups excluding carboxylic acids is 1. The van der Waals surface area contributed by atoms with Crippen LogP contribution in [0.3, 0.4) is 0 Å². The van der Waals surface area contributed by atoms with Gasteiger partial charge in [0.1, 0.15) is 5.76 Å². The minimum absolute atomic E-state index is 0.0413. The van der Waals surface area contributed by atoms with Gasteiger partial charge in [0.05, 0.1) is 26.9 Å². The average molecular weight is 397 g/mol. The van der Waals surface area contributed by atoms with Gasteiger partial charge < -0.3 is 9.73 Å². The van der Waals surface area contributed by atoms with Gasteiger partial charge in [-0.3, -0.25) is 4.79 Å². The molecule has 0 fully saturated rings. The number of thiophene rings is 1. The Hall–Kier alpha value is -2.13. The first-order valence-corrected chi connectivity index (χ1v) is 9.80. The van der Waals surface area contributed by atoms with Crippen molar-refractivity contribution in [2.24, 2.45) is 0 Å². The quantitative estimate of drug-likeness (QED) is 0.664. The van der Waals surface area contributed by atoms with E-state index in [9.17, 15) is 13.2 Å². The third-order valence-corrected chi connectivity index (χ3v) is 5.84. The van der Waals surface area contributed by atoms with Crippen LogP contribution in [0.2, 0.25) is 4.34 Å². The summed E-state index contributed by atoms with van der Waals surface area (Å²) in [6.07, 6.45) is 1.47. The summed E-state index contributed by atoms with van der Waals surface area (Å²) in [5.74, 6) is 0.151. The lowest BCUT2D eigenvalue weighted by molar-refractivity contribution is 0.103. The number of carbonyl (C=O) groups is 1. The summed E-state index contributed by atoms with van der Waals surface area (Å²) in [6.45, 7) is 0.0413. The topological polar surface area (TPSA) is 88.4 Å². The van der Waals surface area contributed by atoms with Gasteiger partial charge in [-0.05, 0) is 42.5 Å². The summed E-state index contributed by atoms with van der Waals surface area (Å²) in [5, 5.41) is 2.66. The van der Waals surface area contributed by atoms with Crippen LogP contribution in [0.5, 0.6) is 0 Å². The number of hydrogen-bond donors (Lipinski definition) is 2. The van der Waals surface area contributed by atoms with Gasteiger partial charge in [0, 0.05) is 5.69 Å². The van der Waals surface area contributed by atoms with Crippen molar-refractivity contribution in [3.05, 3.63) is 69.8 Å². The van der Waals surface area contributed by atoms with Gasteiger partial charge in [0.25, 0.3) is 5.91 Å². The predicted octanol–water partition coefficient (Wildman–Crippen LogP) is 3.73. The zero-order valence-corrected chi connectivity index (χ0v) is 15.1. The van der Waals surface area contributed by atoms with Crippen LogP contribution in [0, 0.1) is 0 Å². The molecule has 0 saturated carbocycles. The smallest absolute Gasteiger partial charge is 0.265 e. The van der Waals surface area contributed by atoms with Crippen molar-refractivity contribution in [3.63, 3.8) is 0 Å². The van der Waals surface area contributed by atoms with Crippen molar-refractivity contribution in [1.82, 2.24) is 4.72 Å². The first-order chi connectivity index (χ1) is 11.9. The highest BCUT2D eigenvalue weighted by molar-refractivity contribution is 7.89. The lowest BCUT2D eigenvalue weighted by Gasteiger charge is -2.08. The number of sulfonamides is 1. The third kappa shape index (κ3) is 4.49. The van der Waals surface area contributed by atoms with Gasteiger partial charge in [-0.25, -0.2) is 13.1 Å². The maximum Gasteiger partial charge on any atom is 0.265 e. The van der Waals surface area contributed by atoms with Crippen LogP contribution in [0.25, 0.3) is 0 Å². The van der Waals surface area contributed by atoms with Crippen molar-refractivity contribution in [2.45, 2.75) is 11.4 Å². The Morgan fingerprint density at radius 1 is 1.16 bits per heavy atom. The molecule has 3 rings (SSSR count). The second-order valence-electron chi connectivity index (χ2n) is 4.99. The minimum atomic E-state index is -3.73. The second kappa shape index (κ2) is 7.40. The molecule has 0 aliphatic carbocycles. The second-order valence-corrected chi connectivity index (χ2v) is 8.47. The summed E-state index contributed by atoms with van der Waals surface area (Å²) >= 11 is 6.96. The standard InChI is InChI=1S/C16H13ClN2O4S2/c17-15-7-6-14(24-15)16(20)19-11-3-1-5-13(9-11)25(21,22)18-10-12-4-2-8-23-12/h1-9,18H,10H2,(H,19,20). The normalized spacial score (nSPS) is 11.4. The Morgan fingerprint density at radius 2 is 2.00 bits per heavy atom. The Balaban J connectivity index is 1.73. The first-order valence-electron chi connectivity index (χ1n) is 7.13. The molecule has 2 heterocycles. The van der Waals surface area contributed by atoms with E-state index in [0.29, 0.717) is 20.7 Å². The van der Waals surface area contributed by atoms with Crippen LogP contribution < -0.4 is 10.0 Å². The lowest BCUT2D eigenvalue weighted by atomic mass is 10.3. The van der Waals surface area contributed by atoms with E-state index in [1.165, 1.54) is 18.4 Å². The predicted molar refractivity (Wildman–Crippen MR) is 96.5 cm³/mol. The number of hydrogen-bond acceptors (Lipinski definition) is 5. The van der Waals surface area contributed by atoms with Gasteiger partial charge in [-0.2, -0.15) is 0 Å². The van der Waals surface area contributed by atoms with Gasteiger partial charge >= 0.3 is 0 Å². The Bertz CT molecular complexity index is 981. The number of anilines is 1. The summed E-state index contributed by atoms with van der Waals surface area (Å²) < 4.78 is 32.8. The molecule has 2 aromatic heterocycles. The number of halogens is 1. The van der Waals surface area contributed by atoms with E-state index in [-0.39, 0.29) is 17.3 Å². The monoisotopic (exact) mass is 396 g/mol. The van der Waals surface area contributed by atoms with Gasteiger partial charge in [-0.1, -0.05) is 17.7 Å². The van der Waals surface area contributed by atoms with Crippen molar-refractivity contribution < 1.29 is 17.6 Å². The van der Waals surface area contributed by atoms with Crippen LogP contribution in [0.4, 0.5) is 5.69 Å². The molecule has 0 saturated heterocycles. The first kappa shape index (κ1) is 17.7. The molecule has 0 spiro atoms. The molecule has 0 aliphatic rings. The number of furan rings is 1. The van der Waals surface area contributed by atoms with Gasteiger partial charge in [-0.15, -0.1) is 11.3 Å². The maximum absolute atomic E-state index is 12.4. The fourth-order valence-electron chi connectivity index (χ4n) is 2.03.